The molecule has 0 bridgehead atoms. The predicted octanol–water partition coefficient (Wildman–Crippen LogP) is 1.69. The predicted molar refractivity (Wildman–Crippen MR) is 61.0 cm³/mol. The second-order valence-electron chi connectivity index (χ2n) is 3.28. The summed E-state index contributed by atoms with van der Waals surface area (Å²) in [6.07, 6.45) is 1.48. The van der Waals surface area contributed by atoms with Gasteiger partial charge in [0, 0.05) is 11.4 Å². The number of nitrogens with zero attached hydrogens (tertiary/aromatic N) is 3. The smallest absolute Gasteiger partial charge is 0.234 e. The third kappa shape index (κ3) is 1.83. The number of rotatable bonds is 3. The summed E-state index contributed by atoms with van der Waals surface area (Å²) in [5, 5.41) is 7.72. The Bertz CT molecular complexity index is 574. The Hall–Kier alpha value is -1.69. The van der Waals surface area contributed by atoms with E-state index in [0.717, 1.165) is 5.69 Å². The first-order chi connectivity index (χ1) is 7.65. The maximum Gasteiger partial charge on any atom is 0.234 e. The minimum absolute atomic E-state index is 0.209. The van der Waals surface area contributed by atoms with Crippen LogP contribution in [0.1, 0.15) is 6.92 Å². The van der Waals surface area contributed by atoms with Gasteiger partial charge in [0.25, 0.3) is 0 Å². The molecule has 0 saturated heterocycles. The van der Waals surface area contributed by atoms with Gasteiger partial charge in [-0.15, -0.1) is 10.2 Å². The van der Waals surface area contributed by atoms with Gasteiger partial charge in [0.2, 0.25) is 5.16 Å². The van der Waals surface area contributed by atoms with Crippen LogP contribution in [0.4, 0.5) is 0 Å². The van der Waals surface area contributed by atoms with E-state index >= 15 is 0 Å². The van der Waals surface area contributed by atoms with E-state index in [1.165, 1.54) is 6.33 Å². The van der Waals surface area contributed by atoms with Crippen LogP contribution in [-0.4, -0.2) is 24.7 Å². The van der Waals surface area contributed by atoms with Crippen molar-refractivity contribution in [2.45, 2.75) is 12.1 Å². The molecule has 16 heavy (non-hydrogen) atoms. The maximum absolute atomic E-state index is 12.0. The molecule has 1 N–H and O–H groups in total. The lowest BCUT2D eigenvalue weighted by molar-refractivity contribution is 0.663. The highest BCUT2D eigenvalue weighted by molar-refractivity contribution is 7.92. The lowest BCUT2D eigenvalue weighted by atomic mass is 10.3. The average Bonchev–Trinajstić information content (AvgIpc) is 2.80. The zero-order chi connectivity index (χ0) is 11.6. The molecule has 0 aliphatic carbocycles. The number of hydrogen-bond donors (Lipinski definition) is 1. The van der Waals surface area contributed by atoms with Crippen LogP contribution in [0.5, 0.6) is 0 Å². The molecule has 0 saturated carbocycles. The van der Waals surface area contributed by atoms with Crippen molar-refractivity contribution in [2.24, 2.45) is 0 Å². The molecule has 0 fully saturated rings. The summed E-state index contributed by atoms with van der Waals surface area (Å²) in [6.45, 7) is 1.71. The van der Waals surface area contributed by atoms with Crippen molar-refractivity contribution >= 4 is 9.73 Å². The molecule has 84 valence electrons. The van der Waals surface area contributed by atoms with Gasteiger partial charge in [-0.2, -0.15) is 0 Å². The summed E-state index contributed by atoms with van der Waals surface area (Å²) >= 11 is 0. The standard InChI is InChI=1S/C10H12N4OS/c1-2-16(11,15)10-13-12-8-14(10)9-6-4-3-5-7-9/h3-8,11H,2H2,1H3/t16-/m1/s1. The lowest BCUT2D eigenvalue weighted by Gasteiger charge is -2.07. The van der Waals surface area contributed by atoms with Crippen molar-refractivity contribution in [1.82, 2.24) is 14.8 Å². The molecular formula is C10H12N4OS. The second-order valence-corrected chi connectivity index (χ2v) is 5.58. The number of para-hydroxylation sites is 1. The monoisotopic (exact) mass is 236 g/mol. The Morgan fingerprint density at radius 2 is 2.06 bits per heavy atom. The number of hydrogen-bond acceptors (Lipinski definition) is 4. The molecule has 0 aliphatic heterocycles. The van der Waals surface area contributed by atoms with Crippen molar-refractivity contribution in [3.05, 3.63) is 36.7 Å². The van der Waals surface area contributed by atoms with Gasteiger partial charge in [-0.1, -0.05) is 25.1 Å². The van der Waals surface area contributed by atoms with Crippen molar-refractivity contribution < 1.29 is 4.21 Å². The number of benzene rings is 1. The maximum atomic E-state index is 12.0. The molecule has 1 heterocycles. The molecule has 5 nitrogen and oxygen atoms in total. The molecule has 1 atom stereocenters. The molecule has 6 heteroatoms. The first-order valence-corrected chi connectivity index (χ1v) is 6.60. The second kappa shape index (κ2) is 4.05. The molecular weight excluding hydrogens is 224 g/mol. The van der Waals surface area contributed by atoms with Gasteiger partial charge in [-0.3, -0.25) is 4.57 Å². The summed E-state index contributed by atoms with van der Waals surface area (Å²) in [5.41, 5.74) is 0.816. The van der Waals surface area contributed by atoms with Crippen LogP contribution in [0, 0.1) is 4.78 Å². The SMILES string of the molecule is CC[S@@](=N)(=O)c1nncn1-c1ccccc1. The van der Waals surface area contributed by atoms with Gasteiger partial charge >= 0.3 is 0 Å². The van der Waals surface area contributed by atoms with E-state index < -0.39 is 9.73 Å². The van der Waals surface area contributed by atoms with Crippen LogP contribution in [0.25, 0.3) is 5.69 Å². The molecule has 0 radical (unpaired) electrons. The molecule has 0 aliphatic rings. The molecule has 2 aromatic rings. The zero-order valence-electron chi connectivity index (χ0n) is 8.83. The van der Waals surface area contributed by atoms with E-state index in [9.17, 15) is 4.21 Å². The van der Waals surface area contributed by atoms with Crippen LogP contribution >= 0.6 is 0 Å². The van der Waals surface area contributed by atoms with Crippen LogP contribution in [0.3, 0.4) is 0 Å². The van der Waals surface area contributed by atoms with Crippen LogP contribution in [0.15, 0.2) is 41.8 Å². The van der Waals surface area contributed by atoms with E-state index in [0.29, 0.717) is 0 Å². The van der Waals surface area contributed by atoms with E-state index in [2.05, 4.69) is 10.2 Å². The third-order valence-corrected chi connectivity index (χ3v) is 3.93. The largest absolute Gasteiger partial charge is 0.274 e. The first-order valence-electron chi connectivity index (χ1n) is 4.87. The topological polar surface area (TPSA) is 71.6 Å². The zero-order valence-corrected chi connectivity index (χ0v) is 9.65. The number of nitrogens with one attached hydrogen (secondary N) is 1. The van der Waals surface area contributed by atoms with Crippen molar-refractivity contribution in [2.75, 3.05) is 5.75 Å². The minimum Gasteiger partial charge on any atom is -0.274 e. The lowest BCUT2D eigenvalue weighted by Crippen LogP contribution is -2.09. The highest BCUT2D eigenvalue weighted by Gasteiger charge is 2.16. The first kappa shape index (κ1) is 10.8. The van der Waals surface area contributed by atoms with Gasteiger partial charge in [-0.25, -0.2) is 8.99 Å². The van der Waals surface area contributed by atoms with Crippen LogP contribution in [0.2, 0.25) is 0 Å². The Balaban J connectivity index is 2.58. The average molecular weight is 236 g/mol. The van der Waals surface area contributed by atoms with E-state index in [1.807, 2.05) is 30.3 Å². The summed E-state index contributed by atoms with van der Waals surface area (Å²) in [6, 6.07) is 9.36. The fourth-order valence-corrected chi connectivity index (χ4v) is 2.25. The van der Waals surface area contributed by atoms with Crippen molar-refractivity contribution in [3.8, 4) is 5.69 Å². The summed E-state index contributed by atoms with van der Waals surface area (Å²) in [5.74, 6) is 0.235. The molecule has 0 amide bonds. The Morgan fingerprint density at radius 3 is 2.69 bits per heavy atom. The van der Waals surface area contributed by atoms with Crippen molar-refractivity contribution in [3.63, 3.8) is 0 Å². The molecule has 2 rings (SSSR count). The van der Waals surface area contributed by atoms with Crippen LogP contribution < -0.4 is 0 Å². The summed E-state index contributed by atoms with van der Waals surface area (Å²) < 4.78 is 21.3. The van der Waals surface area contributed by atoms with Gasteiger partial charge in [0.15, 0.2) is 0 Å². The molecule has 0 unspecified atom stereocenters. The van der Waals surface area contributed by atoms with Crippen molar-refractivity contribution in [1.29, 1.82) is 4.78 Å². The quantitative estimate of drug-likeness (QED) is 0.881. The molecule has 1 aromatic carbocycles. The fourth-order valence-electron chi connectivity index (χ4n) is 1.34. The van der Waals surface area contributed by atoms with E-state index in [1.54, 1.807) is 11.5 Å². The fraction of sp³-hybridized carbons (Fsp3) is 0.200. The highest BCUT2D eigenvalue weighted by atomic mass is 32.2. The van der Waals surface area contributed by atoms with Gasteiger partial charge < -0.3 is 0 Å². The van der Waals surface area contributed by atoms with E-state index in [4.69, 9.17) is 4.78 Å². The van der Waals surface area contributed by atoms with Crippen LogP contribution in [-0.2, 0) is 9.73 Å². The summed E-state index contributed by atoms with van der Waals surface area (Å²) in [4.78, 5) is 0. The minimum atomic E-state index is -2.84. The molecule has 0 spiro atoms. The Kier molecular flexibility index (Phi) is 2.74. The third-order valence-electron chi connectivity index (χ3n) is 2.25. The van der Waals surface area contributed by atoms with Gasteiger partial charge in [0.05, 0.1) is 0 Å². The summed E-state index contributed by atoms with van der Waals surface area (Å²) in [7, 11) is -2.84. The van der Waals surface area contributed by atoms with Gasteiger partial charge in [-0.05, 0) is 12.1 Å². The van der Waals surface area contributed by atoms with E-state index in [-0.39, 0.29) is 10.9 Å². The Labute approximate surface area is 94.1 Å². The number of aromatic nitrogens is 3. The van der Waals surface area contributed by atoms with Gasteiger partial charge in [0.1, 0.15) is 16.1 Å². The normalized spacial score (nSPS) is 14.6. The highest BCUT2D eigenvalue weighted by Crippen LogP contribution is 2.14. The molecule has 1 aromatic heterocycles. The Morgan fingerprint density at radius 1 is 1.38 bits per heavy atom.